The molecule has 236 valence electrons. The molecule has 6 nitrogen and oxygen atoms in total. The summed E-state index contributed by atoms with van der Waals surface area (Å²) in [6.07, 6.45) is 11.1. The van der Waals surface area contributed by atoms with Gasteiger partial charge in [-0.05, 0) is 11.5 Å². The van der Waals surface area contributed by atoms with Crippen molar-refractivity contribution >= 4 is 23.1 Å². The molecule has 0 spiro atoms. The predicted octanol–water partition coefficient (Wildman–Crippen LogP) is 4.94. The van der Waals surface area contributed by atoms with E-state index in [9.17, 15) is 63.7 Å². The van der Waals surface area contributed by atoms with Gasteiger partial charge in [0.15, 0.2) is 34.9 Å². The maximum Gasteiger partial charge on any atom is 4.00 e. The number of allylic oxidation sites excluding steroid dienone is 8. The second kappa shape index (κ2) is 17.8. The molecule has 0 radical (unpaired) electrons. The Bertz CT molecular complexity index is 1430. The topological polar surface area (TPSA) is 121 Å². The maximum atomic E-state index is 13.2. The summed E-state index contributed by atoms with van der Waals surface area (Å²) in [6, 6.07) is 0. The first-order chi connectivity index (χ1) is 20.4. The van der Waals surface area contributed by atoms with Crippen LogP contribution in [0.4, 0.5) is 43.9 Å². The van der Waals surface area contributed by atoms with E-state index in [0.717, 1.165) is 0 Å². The molecule has 2 aliphatic rings. The van der Waals surface area contributed by atoms with Crippen molar-refractivity contribution in [1.82, 2.24) is 0 Å². The van der Waals surface area contributed by atoms with Crippen LogP contribution in [0.2, 0.25) is 0 Å². The summed E-state index contributed by atoms with van der Waals surface area (Å²) in [7, 11) is 0. The predicted molar refractivity (Wildman–Crippen MR) is 127 cm³/mol. The van der Waals surface area contributed by atoms with Crippen molar-refractivity contribution in [3.05, 3.63) is 130 Å². The summed E-state index contributed by atoms with van der Waals surface area (Å²) < 4.78 is 130. The van der Waals surface area contributed by atoms with Gasteiger partial charge in [0, 0.05) is 0 Å². The molecular weight excluding hydrogens is 801 g/mol. The number of aliphatic carboxylic acids is 2. The monoisotopic (exact) mass is 816 g/mol. The molecule has 0 saturated heterocycles. The molecule has 0 atom stereocenters. The maximum absolute atomic E-state index is 13.2. The first-order valence-electron chi connectivity index (χ1n) is 11.1. The summed E-state index contributed by atoms with van der Waals surface area (Å²) in [6.45, 7) is 5.20. The Morgan fingerprint density at radius 3 is 0.911 bits per heavy atom. The molecule has 17 heteroatoms. The van der Waals surface area contributed by atoms with E-state index < -0.39 is 92.8 Å². The average Bonchev–Trinajstić information content (AvgIpc) is 3.70. The second-order valence-corrected chi connectivity index (χ2v) is 7.74. The molecule has 0 bridgehead atoms. The molecule has 2 N–H and O–H groups in total. The molecule has 4 rings (SSSR count). The Morgan fingerprint density at radius 1 is 0.556 bits per heavy atom. The van der Waals surface area contributed by atoms with E-state index >= 15 is 0 Å². The van der Waals surface area contributed by atoms with Crippen molar-refractivity contribution in [2.24, 2.45) is 0 Å². The van der Waals surface area contributed by atoms with Crippen molar-refractivity contribution in [3.8, 4) is 0 Å². The van der Waals surface area contributed by atoms with E-state index in [2.05, 4.69) is 25.3 Å². The van der Waals surface area contributed by atoms with Crippen LogP contribution < -0.4 is 10.2 Å². The molecule has 2 aliphatic carbocycles. The minimum absolute atomic E-state index is 0. The fraction of sp³-hybridized carbons (Fsp3) is 0.0714. The number of carbonyl (C=O) groups is 2. The van der Waals surface area contributed by atoms with Crippen molar-refractivity contribution in [3.63, 3.8) is 0 Å². The van der Waals surface area contributed by atoms with Gasteiger partial charge in [-0.15, -0.1) is 12.2 Å². The van der Waals surface area contributed by atoms with Gasteiger partial charge in [0.25, 0.3) is 0 Å². The van der Waals surface area contributed by atoms with Crippen LogP contribution in [0.15, 0.2) is 49.0 Å². The van der Waals surface area contributed by atoms with Crippen LogP contribution in [-0.4, -0.2) is 22.2 Å². The molecule has 0 fully saturated rings. The summed E-state index contributed by atoms with van der Waals surface area (Å²) >= 11 is 0. The molecule has 45 heavy (non-hydrogen) atoms. The van der Waals surface area contributed by atoms with Crippen LogP contribution in [0, 0.1) is 70.3 Å². The fourth-order valence-electron chi connectivity index (χ4n) is 2.84. The van der Waals surface area contributed by atoms with E-state index in [-0.39, 0.29) is 49.8 Å². The Hall–Kier alpha value is -4.41. The number of carboxylic acid groups (broad SMARTS) is 2. The normalized spacial score (nSPS) is 12.2. The SMILES string of the molecule is C=C([O-])C(=O)O.C=C([O-])C(=O)O.Fc1c(F)c(F)c(C2=[C-]CC=C2)c(F)c1F.Fc1c(F)c(F)c(C2=[C-]CC=C2)c(F)c1F.[Hf+4]. The van der Waals surface area contributed by atoms with E-state index in [0.29, 0.717) is 0 Å². The van der Waals surface area contributed by atoms with E-state index in [4.69, 9.17) is 10.2 Å². The van der Waals surface area contributed by atoms with Crippen LogP contribution in [0.3, 0.4) is 0 Å². The van der Waals surface area contributed by atoms with Gasteiger partial charge in [-0.3, -0.25) is 0 Å². The third-order valence-electron chi connectivity index (χ3n) is 4.83. The number of halogens is 10. The fourth-order valence-corrected chi connectivity index (χ4v) is 2.84. The third-order valence-corrected chi connectivity index (χ3v) is 4.83. The summed E-state index contributed by atoms with van der Waals surface area (Å²) in [4.78, 5) is 18.6. The molecule has 2 aromatic carbocycles. The van der Waals surface area contributed by atoms with Crippen LogP contribution >= 0.6 is 0 Å². The quantitative estimate of drug-likeness (QED) is 0.0859. The van der Waals surface area contributed by atoms with Gasteiger partial charge < -0.3 is 20.4 Å². The molecule has 2 aromatic rings. The van der Waals surface area contributed by atoms with Crippen molar-refractivity contribution in [2.45, 2.75) is 12.8 Å². The van der Waals surface area contributed by atoms with Gasteiger partial charge >= 0.3 is 37.8 Å². The third kappa shape index (κ3) is 10.3. The average molecular weight is 815 g/mol. The van der Waals surface area contributed by atoms with Crippen LogP contribution in [0.5, 0.6) is 0 Å². The Kier molecular flexibility index (Phi) is 16.0. The molecule has 0 unspecified atom stereocenters. The van der Waals surface area contributed by atoms with Gasteiger partial charge in [-0.1, -0.05) is 37.1 Å². The summed E-state index contributed by atoms with van der Waals surface area (Å²) in [5.74, 6) is -24.5. The zero-order valence-electron chi connectivity index (χ0n) is 21.9. The van der Waals surface area contributed by atoms with Gasteiger partial charge in [0.1, 0.15) is 23.3 Å². The number of rotatable bonds is 4. The molecule has 0 amide bonds. The number of benzene rings is 2. The minimum Gasteiger partial charge on any atom is -0.868 e. The van der Waals surface area contributed by atoms with Gasteiger partial charge in [0.2, 0.25) is 0 Å². The minimum atomic E-state index is -2.15. The first kappa shape index (κ1) is 40.6. The van der Waals surface area contributed by atoms with Crippen molar-refractivity contribution in [1.29, 1.82) is 0 Å². The first-order valence-corrected chi connectivity index (χ1v) is 11.1. The Morgan fingerprint density at radius 2 is 0.756 bits per heavy atom. The molecule has 0 saturated carbocycles. The Labute approximate surface area is 265 Å². The second-order valence-electron chi connectivity index (χ2n) is 7.74. The van der Waals surface area contributed by atoms with Gasteiger partial charge in [0.05, 0.1) is 0 Å². The Balaban J connectivity index is 0.000000629. The van der Waals surface area contributed by atoms with Crippen molar-refractivity contribution in [2.75, 3.05) is 0 Å². The van der Waals surface area contributed by atoms with E-state index in [1.54, 1.807) is 0 Å². The van der Waals surface area contributed by atoms with Crippen molar-refractivity contribution < 1.29 is 99.8 Å². The van der Waals surface area contributed by atoms with E-state index in [1.165, 1.54) is 24.3 Å². The zero-order chi connectivity index (χ0) is 34.0. The summed E-state index contributed by atoms with van der Waals surface area (Å²) in [5, 5.41) is 34.0. The molecule has 0 aliphatic heterocycles. The van der Waals surface area contributed by atoms with E-state index in [1.807, 2.05) is 0 Å². The standard InChI is InChI=1S/2C11H4F5.2C3H4O3.Hf/c2*12-7-6(5-3-1-2-4-5)8(13)10(15)11(16)9(7)14;2*1-2(4)3(5)6;/h2*1,3H,2H2;2*4H,1H2,(H,5,6);/q2*-1;;;+4/p-2. The number of carboxylic acids is 2. The largest absolute Gasteiger partial charge is 4.00 e. The van der Waals surface area contributed by atoms with Gasteiger partial charge in [-0.25, -0.2) is 53.5 Å². The molecular formula is C28H14F10HfO6. The number of hydrogen-bond acceptors (Lipinski definition) is 4. The number of hydrogen-bond donors (Lipinski definition) is 2. The van der Waals surface area contributed by atoms with Crippen LogP contribution in [-0.2, 0) is 35.4 Å². The van der Waals surface area contributed by atoms with Gasteiger partial charge in [-0.2, -0.15) is 35.5 Å². The molecule has 0 aromatic heterocycles. The van der Waals surface area contributed by atoms with Crippen LogP contribution in [0.1, 0.15) is 24.0 Å². The summed E-state index contributed by atoms with van der Waals surface area (Å²) in [5.41, 5.74) is -2.09. The smallest absolute Gasteiger partial charge is 0.868 e. The zero-order valence-corrected chi connectivity index (χ0v) is 25.5. The molecule has 0 heterocycles. The van der Waals surface area contributed by atoms with Crippen LogP contribution in [0.25, 0.3) is 11.1 Å².